The third-order valence-corrected chi connectivity index (χ3v) is 4.92. The number of ether oxygens (including phenoxy) is 1. The van der Waals surface area contributed by atoms with E-state index in [9.17, 15) is 9.59 Å². The van der Waals surface area contributed by atoms with Crippen molar-refractivity contribution in [2.24, 2.45) is 0 Å². The molecule has 156 valence electrons. The lowest BCUT2D eigenvalue weighted by Gasteiger charge is -2.30. The smallest absolute Gasteiger partial charge is 0.261 e. The highest BCUT2D eigenvalue weighted by Crippen LogP contribution is 2.14. The van der Waals surface area contributed by atoms with E-state index in [-0.39, 0.29) is 18.4 Å². The van der Waals surface area contributed by atoms with Crippen LogP contribution in [-0.2, 0) is 22.4 Å². The minimum absolute atomic E-state index is 0.0871. The Kier molecular flexibility index (Phi) is 9.22. The number of likely N-dealkylation sites (N-methyl/N-ethyl adjacent to an activating group) is 1. The van der Waals surface area contributed by atoms with Gasteiger partial charge in [0.25, 0.3) is 5.91 Å². The molecule has 0 saturated heterocycles. The summed E-state index contributed by atoms with van der Waals surface area (Å²) in [5.74, 6) is 0.354. The summed E-state index contributed by atoms with van der Waals surface area (Å²) < 4.78 is 5.71. The van der Waals surface area contributed by atoms with Crippen LogP contribution in [0.3, 0.4) is 0 Å². The molecular formula is C24H32N2O3. The first-order chi connectivity index (χ1) is 14.1. The highest BCUT2D eigenvalue weighted by Gasteiger charge is 2.28. The van der Waals surface area contributed by atoms with Gasteiger partial charge in [0.2, 0.25) is 5.91 Å². The number of nitrogens with one attached hydrogen (secondary N) is 1. The third-order valence-electron chi connectivity index (χ3n) is 4.92. The monoisotopic (exact) mass is 396 g/mol. The molecule has 0 aromatic heterocycles. The van der Waals surface area contributed by atoms with Crippen molar-refractivity contribution in [3.05, 3.63) is 65.7 Å². The van der Waals surface area contributed by atoms with E-state index in [1.807, 2.05) is 68.4 Å². The Hall–Kier alpha value is -2.82. The number of aryl methyl sites for hydroxylation is 1. The van der Waals surface area contributed by atoms with Gasteiger partial charge in [0, 0.05) is 13.1 Å². The van der Waals surface area contributed by atoms with Crippen LogP contribution in [0.2, 0.25) is 0 Å². The van der Waals surface area contributed by atoms with Crippen molar-refractivity contribution in [1.29, 1.82) is 0 Å². The minimum atomic E-state index is -0.503. The number of rotatable bonds is 11. The summed E-state index contributed by atoms with van der Waals surface area (Å²) >= 11 is 0. The Labute approximate surface area is 174 Å². The van der Waals surface area contributed by atoms with Gasteiger partial charge in [-0.15, -0.1) is 0 Å². The molecule has 2 amide bonds. The summed E-state index contributed by atoms with van der Waals surface area (Å²) in [6.07, 6.45) is 2.20. The summed E-state index contributed by atoms with van der Waals surface area (Å²) in [6, 6.07) is 17.2. The van der Waals surface area contributed by atoms with E-state index in [1.165, 1.54) is 5.56 Å². The number of carbonyl (C=O) groups is 2. The van der Waals surface area contributed by atoms with Crippen LogP contribution in [0.1, 0.15) is 38.3 Å². The molecule has 2 aromatic carbocycles. The average molecular weight is 397 g/mol. The lowest BCUT2D eigenvalue weighted by molar-refractivity contribution is -0.142. The Morgan fingerprint density at radius 1 is 0.966 bits per heavy atom. The van der Waals surface area contributed by atoms with Gasteiger partial charge in [-0.25, -0.2) is 0 Å². The number of nitrogens with zero attached hydrogens (tertiary/aromatic N) is 1. The largest absolute Gasteiger partial charge is 0.484 e. The first-order valence-electron chi connectivity index (χ1n) is 10.4. The number of hydrogen-bond acceptors (Lipinski definition) is 3. The number of amides is 2. The van der Waals surface area contributed by atoms with Crippen molar-refractivity contribution in [2.75, 3.05) is 19.7 Å². The summed E-state index contributed by atoms with van der Waals surface area (Å²) in [7, 11) is 0. The minimum Gasteiger partial charge on any atom is -0.484 e. The standard InChI is InChI=1S/C24H32N2O3/c1-4-19-12-14-21(15-13-19)29-18-23(27)26(22(5-2)24(28)25-6-3)17-16-20-10-8-7-9-11-20/h7-15,22H,4-6,16-18H2,1-3H3,(H,25,28). The van der Waals surface area contributed by atoms with E-state index in [1.54, 1.807) is 4.90 Å². The maximum atomic E-state index is 13.0. The number of carbonyl (C=O) groups excluding carboxylic acids is 2. The summed E-state index contributed by atoms with van der Waals surface area (Å²) in [5.41, 5.74) is 2.35. The van der Waals surface area contributed by atoms with E-state index < -0.39 is 6.04 Å². The molecule has 1 unspecified atom stereocenters. The van der Waals surface area contributed by atoms with E-state index in [4.69, 9.17) is 4.74 Å². The Balaban J connectivity index is 2.08. The van der Waals surface area contributed by atoms with Crippen LogP contribution in [0.25, 0.3) is 0 Å². The second-order valence-electron chi connectivity index (χ2n) is 6.93. The number of hydrogen-bond donors (Lipinski definition) is 1. The van der Waals surface area contributed by atoms with Crippen LogP contribution in [0.4, 0.5) is 0 Å². The average Bonchev–Trinajstić information content (AvgIpc) is 2.76. The van der Waals surface area contributed by atoms with Gasteiger partial charge in [-0.1, -0.05) is 56.3 Å². The van der Waals surface area contributed by atoms with Crippen LogP contribution in [0.15, 0.2) is 54.6 Å². The molecule has 2 rings (SSSR count). The molecular weight excluding hydrogens is 364 g/mol. The van der Waals surface area contributed by atoms with Crippen LogP contribution in [0.5, 0.6) is 5.75 Å². The maximum absolute atomic E-state index is 13.0. The molecule has 0 spiro atoms. The van der Waals surface area contributed by atoms with E-state index in [0.717, 1.165) is 12.0 Å². The predicted octanol–water partition coefficient (Wildman–Crippen LogP) is 3.61. The molecule has 2 aromatic rings. The predicted molar refractivity (Wildman–Crippen MR) is 116 cm³/mol. The molecule has 0 aliphatic rings. The first kappa shape index (κ1) is 22.5. The summed E-state index contributed by atoms with van der Waals surface area (Å²) in [6.45, 7) is 6.82. The highest BCUT2D eigenvalue weighted by atomic mass is 16.5. The summed E-state index contributed by atoms with van der Waals surface area (Å²) in [5, 5.41) is 2.84. The fourth-order valence-electron chi connectivity index (χ4n) is 3.24. The van der Waals surface area contributed by atoms with Crippen molar-refractivity contribution < 1.29 is 14.3 Å². The molecule has 29 heavy (non-hydrogen) atoms. The molecule has 0 aliphatic heterocycles. The van der Waals surface area contributed by atoms with E-state index >= 15 is 0 Å². The molecule has 0 heterocycles. The highest BCUT2D eigenvalue weighted by molar-refractivity contribution is 5.88. The SMILES string of the molecule is CCNC(=O)C(CC)N(CCc1ccccc1)C(=O)COc1ccc(CC)cc1. The lowest BCUT2D eigenvalue weighted by atomic mass is 10.1. The molecule has 0 saturated carbocycles. The van der Waals surface area contributed by atoms with Gasteiger partial charge in [-0.3, -0.25) is 9.59 Å². The molecule has 1 N–H and O–H groups in total. The fourth-order valence-corrected chi connectivity index (χ4v) is 3.24. The van der Waals surface area contributed by atoms with Gasteiger partial charge in [0.05, 0.1) is 0 Å². The third kappa shape index (κ3) is 6.93. The van der Waals surface area contributed by atoms with Crippen LogP contribution >= 0.6 is 0 Å². The molecule has 0 fully saturated rings. The van der Waals surface area contributed by atoms with Crippen molar-refractivity contribution >= 4 is 11.8 Å². The van der Waals surface area contributed by atoms with Crippen molar-refractivity contribution in [3.63, 3.8) is 0 Å². The lowest BCUT2D eigenvalue weighted by Crippen LogP contribution is -2.51. The summed E-state index contributed by atoms with van der Waals surface area (Å²) in [4.78, 5) is 27.2. The number of benzene rings is 2. The quantitative estimate of drug-likeness (QED) is 0.631. The molecule has 5 nitrogen and oxygen atoms in total. The van der Waals surface area contributed by atoms with Gasteiger partial charge in [0.1, 0.15) is 11.8 Å². The second-order valence-corrected chi connectivity index (χ2v) is 6.93. The van der Waals surface area contributed by atoms with Crippen LogP contribution in [-0.4, -0.2) is 42.5 Å². The first-order valence-corrected chi connectivity index (χ1v) is 10.4. The molecule has 5 heteroatoms. The zero-order valence-corrected chi connectivity index (χ0v) is 17.7. The Morgan fingerprint density at radius 3 is 2.24 bits per heavy atom. The van der Waals surface area contributed by atoms with E-state index in [0.29, 0.717) is 31.7 Å². The molecule has 0 aliphatic carbocycles. The zero-order chi connectivity index (χ0) is 21.1. The molecule has 1 atom stereocenters. The maximum Gasteiger partial charge on any atom is 0.261 e. The van der Waals surface area contributed by atoms with Gasteiger partial charge in [-0.05, 0) is 49.4 Å². The van der Waals surface area contributed by atoms with Gasteiger partial charge < -0.3 is 15.0 Å². The zero-order valence-electron chi connectivity index (χ0n) is 17.7. The normalized spacial score (nSPS) is 11.6. The van der Waals surface area contributed by atoms with Crippen molar-refractivity contribution in [2.45, 2.75) is 46.1 Å². The fraction of sp³-hybridized carbons (Fsp3) is 0.417. The topological polar surface area (TPSA) is 58.6 Å². The van der Waals surface area contributed by atoms with Crippen LogP contribution < -0.4 is 10.1 Å². The van der Waals surface area contributed by atoms with Crippen molar-refractivity contribution in [3.8, 4) is 5.75 Å². The van der Waals surface area contributed by atoms with Gasteiger partial charge >= 0.3 is 0 Å². The Bertz CT molecular complexity index is 759. The van der Waals surface area contributed by atoms with E-state index in [2.05, 4.69) is 12.2 Å². The second kappa shape index (κ2) is 11.9. The van der Waals surface area contributed by atoms with Gasteiger partial charge in [-0.2, -0.15) is 0 Å². The van der Waals surface area contributed by atoms with Crippen molar-refractivity contribution in [1.82, 2.24) is 10.2 Å². The molecule has 0 bridgehead atoms. The van der Waals surface area contributed by atoms with Gasteiger partial charge in [0.15, 0.2) is 6.61 Å². The van der Waals surface area contributed by atoms with Crippen LogP contribution in [0, 0.1) is 0 Å². The Morgan fingerprint density at radius 2 is 1.66 bits per heavy atom. The molecule has 0 radical (unpaired) electrons.